The molecule has 1 aliphatic rings. The second kappa shape index (κ2) is 7.21. The van der Waals surface area contributed by atoms with Crippen molar-refractivity contribution in [1.82, 2.24) is 4.90 Å². The Kier molecular flexibility index (Phi) is 5.23. The lowest BCUT2D eigenvalue weighted by Gasteiger charge is -2.39. The first kappa shape index (κ1) is 17.4. The van der Waals surface area contributed by atoms with Crippen molar-refractivity contribution < 1.29 is 13.9 Å². The molecule has 2 heterocycles. The number of carbonyl (C=O) groups excluding carboxylic acids is 1. The van der Waals surface area contributed by atoms with E-state index in [9.17, 15) is 9.18 Å². The molecule has 1 aromatic carbocycles. The molecule has 1 fully saturated rings. The Balaban J connectivity index is 1.87. The molecule has 0 bridgehead atoms. The molecule has 2 aromatic rings. The minimum atomic E-state index is -0.651. The second-order valence-electron chi connectivity index (χ2n) is 6.07. The zero-order valence-corrected chi connectivity index (χ0v) is 15.0. The molecule has 0 saturated carbocycles. The number of halogens is 2. The molecule has 3 nitrogen and oxygen atoms in total. The van der Waals surface area contributed by atoms with E-state index in [2.05, 4.69) is 0 Å². The van der Waals surface area contributed by atoms with Crippen LogP contribution in [0.15, 0.2) is 36.4 Å². The van der Waals surface area contributed by atoms with E-state index in [1.54, 1.807) is 24.1 Å². The molecular weight excluding hydrogens is 349 g/mol. The van der Waals surface area contributed by atoms with Crippen molar-refractivity contribution in [2.75, 3.05) is 20.3 Å². The third kappa shape index (κ3) is 3.48. The Labute approximate surface area is 150 Å². The Bertz CT molecular complexity index is 710. The van der Waals surface area contributed by atoms with E-state index >= 15 is 0 Å². The number of benzene rings is 1. The predicted octanol–water partition coefficient (Wildman–Crippen LogP) is 4.25. The van der Waals surface area contributed by atoms with Crippen LogP contribution in [0.2, 0.25) is 4.34 Å². The van der Waals surface area contributed by atoms with Gasteiger partial charge in [0.25, 0.3) is 0 Å². The van der Waals surface area contributed by atoms with Crippen LogP contribution in [-0.4, -0.2) is 31.1 Å². The van der Waals surface area contributed by atoms with E-state index in [-0.39, 0.29) is 11.7 Å². The molecule has 1 amide bonds. The minimum absolute atomic E-state index is 0.0435. The highest BCUT2D eigenvalue weighted by Gasteiger charge is 2.43. The summed E-state index contributed by atoms with van der Waals surface area (Å²) < 4.78 is 19.5. The quantitative estimate of drug-likeness (QED) is 0.808. The lowest BCUT2D eigenvalue weighted by atomic mass is 9.73. The maximum atomic E-state index is 13.3. The fraction of sp³-hybridized carbons (Fsp3) is 0.389. The molecule has 6 heteroatoms. The van der Waals surface area contributed by atoms with Crippen LogP contribution < -0.4 is 0 Å². The largest absolute Gasteiger partial charge is 0.381 e. The Morgan fingerprint density at radius 3 is 2.50 bits per heavy atom. The molecule has 0 aliphatic carbocycles. The summed E-state index contributed by atoms with van der Waals surface area (Å²) in [6.45, 7) is 1.57. The first-order chi connectivity index (χ1) is 11.5. The van der Waals surface area contributed by atoms with Crippen molar-refractivity contribution >= 4 is 28.8 Å². The Morgan fingerprint density at radius 1 is 1.25 bits per heavy atom. The zero-order valence-electron chi connectivity index (χ0n) is 13.4. The maximum Gasteiger partial charge on any atom is 0.233 e. The summed E-state index contributed by atoms with van der Waals surface area (Å²) in [5.41, 5.74) is 0.204. The van der Waals surface area contributed by atoms with Crippen LogP contribution in [-0.2, 0) is 21.5 Å². The van der Waals surface area contributed by atoms with Gasteiger partial charge in [-0.15, -0.1) is 11.3 Å². The van der Waals surface area contributed by atoms with Crippen molar-refractivity contribution in [2.24, 2.45) is 0 Å². The first-order valence-electron chi connectivity index (χ1n) is 7.85. The van der Waals surface area contributed by atoms with Gasteiger partial charge in [-0.2, -0.15) is 0 Å². The molecule has 1 saturated heterocycles. The fourth-order valence-electron chi connectivity index (χ4n) is 3.22. The highest BCUT2D eigenvalue weighted by molar-refractivity contribution is 7.16. The average Bonchev–Trinajstić information content (AvgIpc) is 3.00. The van der Waals surface area contributed by atoms with Crippen molar-refractivity contribution in [3.8, 4) is 0 Å². The monoisotopic (exact) mass is 367 g/mol. The third-order valence-electron chi connectivity index (χ3n) is 4.52. The van der Waals surface area contributed by atoms with Crippen LogP contribution in [0.25, 0.3) is 0 Å². The summed E-state index contributed by atoms with van der Waals surface area (Å²) >= 11 is 7.45. The number of likely N-dealkylation sites (N-methyl/N-ethyl adjacent to an activating group) is 1. The van der Waals surface area contributed by atoms with Crippen molar-refractivity contribution in [1.29, 1.82) is 0 Å². The molecule has 0 unspecified atom stereocenters. The molecule has 0 N–H and O–H groups in total. The maximum absolute atomic E-state index is 13.3. The summed E-state index contributed by atoms with van der Waals surface area (Å²) in [4.78, 5) is 16.0. The SMILES string of the molecule is CN(Cc1ccc(Cl)s1)C(=O)C1(c2ccc(F)cc2)CCOCC1. The van der Waals surface area contributed by atoms with E-state index in [4.69, 9.17) is 16.3 Å². The van der Waals surface area contributed by atoms with E-state index in [0.717, 1.165) is 10.4 Å². The van der Waals surface area contributed by atoms with Gasteiger partial charge in [0, 0.05) is 25.1 Å². The van der Waals surface area contributed by atoms with Crippen LogP contribution in [0, 0.1) is 5.82 Å². The number of thiophene rings is 1. The van der Waals surface area contributed by atoms with Crippen LogP contribution in [0.4, 0.5) is 4.39 Å². The number of carbonyl (C=O) groups is 1. The molecular formula is C18H19ClFNO2S. The Morgan fingerprint density at radius 2 is 1.92 bits per heavy atom. The van der Waals surface area contributed by atoms with Crippen LogP contribution in [0.5, 0.6) is 0 Å². The lowest BCUT2D eigenvalue weighted by molar-refractivity contribution is -0.140. The molecule has 3 rings (SSSR count). The lowest BCUT2D eigenvalue weighted by Crippen LogP contribution is -2.48. The highest BCUT2D eigenvalue weighted by atomic mass is 35.5. The summed E-state index contributed by atoms with van der Waals surface area (Å²) in [7, 11) is 1.80. The van der Waals surface area contributed by atoms with Gasteiger partial charge >= 0.3 is 0 Å². The number of hydrogen-bond acceptors (Lipinski definition) is 3. The normalized spacial score (nSPS) is 16.8. The van der Waals surface area contributed by atoms with Gasteiger partial charge in [0.05, 0.1) is 16.3 Å². The van der Waals surface area contributed by atoms with Crippen LogP contribution in [0.1, 0.15) is 23.3 Å². The highest BCUT2D eigenvalue weighted by Crippen LogP contribution is 2.37. The van der Waals surface area contributed by atoms with Gasteiger partial charge in [0.15, 0.2) is 0 Å². The van der Waals surface area contributed by atoms with E-state index in [1.165, 1.54) is 23.5 Å². The van der Waals surface area contributed by atoms with E-state index < -0.39 is 5.41 Å². The first-order valence-corrected chi connectivity index (χ1v) is 9.04. The molecule has 1 aromatic heterocycles. The van der Waals surface area contributed by atoms with Gasteiger partial charge in [-0.05, 0) is 42.7 Å². The topological polar surface area (TPSA) is 29.5 Å². The molecule has 24 heavy (non-hydrogen) atoms. The van der Waals surface area contributed by atoms with Gasteiger partial charge in [-0.1, -0.05) is 23.7 Å². The van der Waals surface area contributed by atoms with Crippen molar-refractivity contribution in [2.45, 2.75) is 24.8 Å². The zero-order chi connectivity index (χ0) is 17.2. The van der Waals surface area contributed by atoms with Gasteiger partial charge < -0.3 is 9.64 Å². The molecule has 0 atom stereocenters. The average molecular weight is 368 g/mol. The summed E-state index contributed by atoms with van der Waals surface area (Å²) in [6, 6.07) is 10.0. The minimum Gasteiger partial charge on any atom is -0.381 e. The summed E-state index contributed by atoms with van der Waals surface area (Å²) in [5, 5.41) is 0. The third-order valence-corrected chi connectivity index (χ3v) is 5.74. The number of nitrogens with zero attached hydrogens (tertiary/aromatic N) is 1. The predicted molar refractivity (Wildman–Crippen MR) is 93.9 cm³/mol. The summed E-state index contributed by atoms with van der Waals surface area (Å²) in [5.74, 6) is -0.253. The number of amides is 1. The number of ether oxygens (including phenoxy) is 1. The van der Waals surface area contributed by atoms with Crippen LogP contribution in [0.3, 0.4) is 0 Å². The van der Waals surface area contributed by atoms with Gasteiger partial charge in [-0.25, -0.2) is 4.39 Å². The number of rotatable bonds is 4. The molecule has 0 radical (unpaired) electrons. The van der Waals surface area contributed by atoms with Gasteiger partial charge in [0.1, 0.15) is 5.82 Å². The second-order valence-corrected chi connectivity index (χ2v) is 7.87. The van der Waals surface area contributed by atoms with Gasteiger partial charge in [-0.3, -0.25) is 4.79 Å². The Hall–Kier alpha value is -1.43. The molecule has 0 spiro atoms. The smallest absolute Gasteiger partial charge is 0.233 e. The van der Waals surface area contributed by atoms with Gasteiger partial charge in [0.2, 0.25) is 5.91 Å². The molecule has 1 aliphatic heterocycles. The summed E-state index contributed by atoms with van der Waals surface area (Å²) in [6.07, 6.45) is 1.21. The van der Waals surface area contributed by atoms with Crippen LogP contribution >= 0.6 is 22.9 Å². The molecule has 128 valence electrons. The fourth-order valence-corrected chi connectivity index (χ4v) is 4.36. The van der Waals surface area contributed by atoms with Crippen molar-refractivity contribution in [3.05, 3.63) is 57.0 Å². The standard InChI is InChI=1S/C18H19ClFNO2S/c1-21(12-15-6-7-16(19)24-15)17(22)18(8-10-23-11-9-18)13-2-4-14(20)5-3-13/h2-7H,8-12H2,1H3. The van der Waals surface area contributed by atoms with E-state index in [1.807, 2.05) is 12.1 Å². The number of hydrogen-bond donors (Lipinski definition) is 0. The van der Waals surface area contributed by atoms with E-state index in [0.29, 0.717) is 36.9 Å². The van der Waals surface area contributed by atoms with Crippen molar-refractivity contribution in [3.63, 3.8) is 0 Å².